The molecular weight excluding hydrogens is 442 g/mol. The van der Waals surface area contributed by atoms with Gasteiger partial charge in [0.1, 0.15) is 12.0 Å². The summed E-state index contributed by atoms with van der Waals surface area (Å²) in [5.74, 6) is -0.909. The van der Waals surface area contributed by atoms with Crippen LogP contribution in [0.4, 0.5) is 5.69 Å². The second-order valence-corrected chi connectivity index (χ2v) is 9.30. The van der Waals surface area contributed by atoms with E-state index in [1.54, 1.807) is 22.8 Å². The zero-order valence-electron chi connectivity index (χ0n) is 19.9. The highest BCUT2D eigenvalue weighted by atomic mass is 16.5. The molecule has 5 rings (SSSR count). The minimum atomic E-state index is -0.368. The minimum absolute atomic E-state index is 0.0609. The van der Waals surface area contributed by atoms with Gasteiger partial charge in [0.05, 0.1) is 5.56 Å². The first kappa shape index (κ1) is 22.8. The highest BCUT2D eigenvalue weighted by Crippen LogP contribution is 2.46. The first-order valence-corrected chi connectivity index (χ1v) is 12.0. The number of benzene rings is 2. The fraction of sp³-hybridized carbons (Fsp3) is 0.286. The Morgan fingerprint density at radius 2 is 1.66 bits per heavy atom. The van der Waals surface area contributed by atoms with Gasteiger partial charge >= 0.3 is 0 Å². The van der Waals surface area contributed by atoms with Crippen LogP contribution in [-0.4, -0.2) is 39.8 Å². The molecule has 7 nitrogen and oxygen atoms in total. The molecule has 7 heteroatoms. The van der Waals surface area contributed by atoms with E-state index >= 15 is 0 Å². The standard InChI is InChI=1S/C28H29N3O4/c1-30(2)21-12-10-20(11-13-21)26(32)24-25(19-6-4-3-5-7-19)31(28(34)27(24)33)22-14-8-18(9-15-22)23-16-17-35-29-23/h8-17,19,33-34H,3-7H2,1-2H3. The Hall–Kier alpha value is -4.00. The van der Waals surface area contributed by atoms with Crippen molar-refractivity contribution in [3.05, 3.63) is 77.7 Å². The number of rotatable bonds is 6. The average Bonchev–Trinajstić information content (AvgIpc) is 3.52. The lowest BCUT2D eigenvalue weighted by atomic mass is 9.84. The number of aromatic hydroxyl groups is 2. The summed E-state index contributed by atoms with van der Waals surface area (Å²) in [6, 6.07) is 16.6. The minimum Gasteiger partial charge on any atom is -0.503 e. The van der Waals surface area contributed by atoms with Gasteiger partial charge in [-0.15, -0.1) is 0 Å². The molecule has 0 atom stereocenters. The van der Waals surface area contributed by atoms with E-state index in [0.717, 1.165) is 43.4 Å². The Morgan fingerprint density at radius 1 is 0.971 bits per heavy atom. The van der Waals surface area contributed by atoms with Crippen LogP contribution in [0.15, 0.2) is 65.4 Å². The van der Waals surface area contributed by atoms with Crippen LogP contribution >= 0.6 is 0 Å². The van der Waals surface area contributed by atoms with E-state index in [2.05, 4.69) is 5.16 Å². The number of carbonyl (C=O) groups excluding carboxylic acids is 1. The van der Waals surface area contributed by atoms with Crippen LogP contribution in [0.2, 0.25) is 0 Å². The molecule has 180 valence electrons. The number of hydrogen-bond acceptors (Lipinski definition) is 6. The molecule has 2 N–H and O–H groups in total. The highest BCUT2D eigenvalue weighted by Gasteiger charge is 2.33. The van der Waals surface area contributed by atoms with Gasteiger partial charge in [-0.1, -0.05) is 36.6 Å². The molecule has 1 aliphatic carbocycles. The van der Waals surface area contributed by atoms with Crippen molar-refractivity contribution >= 4 is 11.5 Å². The van der Waals surface area contributed by atoms with Gasteiger partial charge in [0.2, 0.25) is 5.88 Å². The summed E-state index contributed by atoms with van der Waals surface area (Å²) < 4.78 is 6.58. The van der Waals surface area contributed by atoms with Crippen LogP contribution in [-0.2, 0) is 0 Å². The van der Waals surface area contributed by atoms with Gasteiger partial charge in [0, 0.05) is 54.3 Å². The molecular formula is C28H29N3O4. The average molecular weight is 472 g/mol. The van der Waals surface area contributed by atoms with Gasteiger partial charge in [-0.2, -0.15) is 0 Å². The predicted molar refractivity (Wildman–Crippen MR) is 135 cm³/mol. The Labute approximate surface area is 204 Å². The summed E-state index contributed by atoms with van der Waals surface area (Å²) in [6.45, 7) is 0. The number of nitrogens with zero attached hydrogens (tertiary/aromatic N) is 3. The second-order valence-electron chi connectivity index (χ2n) is 9.30. The SMILES string of the molecule is CN(C)c1ccc(C(=O)c2c(O)c(O)n(-c3ccc(-c4ccon4)cc3)c2C2CCCCC2)cc1. The van der Waals surface area contributed by atoms with Crippen molar-refractivity contribution in [3.63, 3.8) is 0 Å². The molecule has 1 aliphatic rings. The maximum Gasteiger partial charge on any atom is 0.240 e. The quantitative estimate of drug-likeness (QED) is 0.341. The first-order chi connectivity index (χ1) is 17.0. The maximum absolute atomic E-state index is 13.7. The lowest BCUT2D eigenvalue weighted by Crippen LogP contribution is -2.15. The monoisotopic (exact) mass is 471 g/mol. The molecule has 1 fully saturated rings. The molecule has 1 saturated carbocycles. The molecule has 0 spiro atoms. The molecule has 0 unspecified atom stereocenters. The van der Waals surface area contributed by atoms with Crippen molar-refractivity contribution in [2.45, 2.75) is 38.0 Å². The summed E-state index contributed by atoms with van der Waals surface area (Å²) in [5, 5.41) is 26.1. The number of ketones is 1. The van der Waals surface area contributed by atoms with Gasteiger partial charge in [0.15, 0.2) is 11.5 Å². The molecule has 0 amide bonds. The molecule has 0 bridgehead atoms. The molecule has 2 heterocycles. The van der Waals surface area contributed by atoms with Crippen LogP contribution in [0.5, 0.6) is 11.6 Å². The summed E-state index contributed by atoms with van der Waals surface area (Å²) >= 11 is 0. The first-order valence-electron chi connectivity index (χ1n) is 12.0. The van der Waals surface area contributed by atoms with Gasteiger partial charge in [-0.05, 0) is 49.2 Å². The number of carbonyl (C=O) groups is 1. The van der Waals surface area contributed by atoms with Gasteiger partial charge < -0.3 is 19.6 Å². The van der Waals surface area contributed by atoms with Crippen LogP contribution in [0, 0.1) is 0 Å². The van der Waals surface area contributed by atoms with Crippen LogP contribution < -0.4 is 4.90 Å². The third kappa shape index (κ3) is 4.18. The predicted octanol–water partition coefficient (Wildman–Crippen LogP) is 5.89. The second kappa shape index (κ2) is 9.33. The van der Waals surface area contributed by atoms with E-state index in [4.69, 9.17) is 4.52 Å². The summed E-state index contributed by atoms with van der Waals surface area (Å²) in [6.07, 6.45) is 6.57. The number of anilines is 1. The zero-order valence-corrected chi connectivity index (χ0v) is 19.9. The third-order valence-corrected chi connectivity index (χ3v) is 6.88. The number of hydrogen-bond donors (Lipinski definition) is 2. The molecule has 2 aromatic carbocycles. The summed E-state index contributed by atoms with van der Waals surface area (Å²) in [4.78, 5) is 15.7. The summed E-state index contributed by atoms with van der Waals surface area (Å²) in [7, 11) is 3.88. The van der Waals surface area contributed by atoms with Crippen molar-refractivity contribution in [3.8, 4) is 28.6 Å². The van der Waals surface area contributed by atoms with E-state index in [0.29, 0.717) is 22.6 Å². The van der Waals surface area contributed by atoms with Crippen molar-refractivity contribution in [1.29, 1.82) is 0 Å². The lowest BCUT2D eigenvalue weighted by molar-refractivity contribution is 0.103. The molecule has 2 aromatic heterocycles. The molecule has 0 radical (unpaired) electrons. The topological polar surface area (TPSA) is 91.7 Å². The summed E-state index contributed by atoms with van der Waals surface area (Å²) in [5.41, 5.74) is 4.57. The fourth-order valence-corrected chi connectivity index (χ4v) is 5.01. The van der Waals surface area contributed by atoms with E-state index < -0.39 is 0 Å². The van der Waals surface area contributed by atoms with Crippen molar-refractivity contribution in [2.24, 2.45) is 0 Å². The zero-order chi connectivity index (χ0) is 24.5. The molecule has 0 saturated heterocycles. The Bertz CT molecular complexity index is 1310. The normalized spacial score (nSPS) is 14.2. The van der Waals surface area contributed by atoms with Crippen LogP contribution in [0.1, 0.15) is 59.6 Å². The number of aromatic nitrogens is 2. The molecule has 4 aromatic rings. The van der Waals surface area contributed by atoms with E-state index in [9.17, 15) is 15.0 Å². The smallest absolute Gasteiger partial charge is 0.240 e. The lowest BCUT2D eigenvalue weighted by Gasteiger charge is -2.25. The highest BCUT2D eigenvalue weighted by molar-refractivity contribution is 6.12. The van der Waals surface area contributed by atoms with Crippen molar-refractivity contribution < 1.29 is 19.5 Å². The Kier molecular flexibility index (Phi) is 6.07. The Morgan fingerprint density at radius 3 is 2.26 bits per heavy atom. The van der Waals surface area contributed by atoms with Crippen molar-refractivity contribution in [2.75, 3.05) is 19.0 Å². The largest absolute Gasteiger partial charge is 0.503 e. The van der Waals surface area contributed by atoms with Gasteiger partial charge in [-0.3, -0.25) is 9.36 Å². The third-order valence-electron chi connectivity index (χ3n) is 6.88. The van der Waals surface area contributed by atoms with Crippen LogP contribution in [0.3, 0.4) is 0 Å². The fourth-order valence-electron chi connectivity index (χ4n) is 5.01. The van der Waals surface area contributed by atoms with Crippen LogP contribution in [0.25, 0.3) is 16.9 Å². The van der Waals surface area contributed by atoms with Gasteiger partial charge in [-0.25, -0.2) is 0 Å². The van der Waals surface area contributed by atoms with E-state index in [1.165, 1.54) is 6.26 Å². The van der Waals surface area contributed by atoms with Crippen molar-refractivity contribution in [1.82, 2.24) is 9.72 Å². The molecule has 0 aliphatic heterocycles. The Balaban J connectivity index is 1.62. The van der Waals surface area contributed by atoms with E-state index in [1.807, 2.05) is 55.4 Å². The van der Waals surface area contributed by atoms with Gasteiger partial charge in [0.25, 0.3) is 0 Å². The maximum atomic E-state index is 13.7. The molecule has 35 heavy (non-hydrogen) atoms. The van der Waals surface area contributed by atoms with E-state index in [-0.39, 0.29) is 28.9 Å².